The van der Waals surface area contributed by atoms with Crippen molar-refractivity contribution in [1.29, 1.82) is 0 Å². The van der Waals surface area contributed by atoms with E-state index in [1.807, 2.05) is 54.6 Å². The molecule has 0 spiro atoms. The number of hydrogen-bond acceptors (Lipinski definition) is 7. The maximum Gasteiger partial charge on any atom is 0.119 e. The molecule has 170 valence electrons. The zero-order valence-electron chi connectivity index (χ0n) is 18.5. The van der Waals surface area contributed by atoms with E-state index in [1.165, 1.54) is 0 Å². The van der Waals surface area contributed by atoms with E-state index in [9.17, 15) is 10.2 Å². The summed E-state index contributed by atoms with van der Waals surface area (Å²) < 4.78 is 5.34. The van der Waals surface area contributed by atoms with E-state index in [0.29, 0.717) is 19.6 Å². The lowest BCUT2D eigenvalue weighted by Crippen LogP contribution is -2.50. The smallest absolute Gasteiger partial charge is 0.119 e. The Balaban J connectivity index is 1.26. The number of hydrogen-bond donors (Lipinski definition) is 3. The molecule has 3 N–H and O–H groups in total. The second kappa shape index (κ2) is 10.7. The number of para-hydroxylation sites is 1. The fraction of sp³-hybridized carbons (Fsp3) is 0.400. The van der Waals surface area contributed by atoms with Gasteiger partial charge in [0.05, 0.1) is 24.8 Å². The molecule has 2 heterocycles. The minimum Gasteiger partial charge on any atom is -0.497 e. The van der Waals surface area contributed by atoms with Gasteiger partial charge in [-0.15, -0.1) is 0 Å². The Labute approximate surface area is 189 Å². The number of ether oxygens (including phenoxy) is 1. The highest BCUT2D eigenvalue weighted by Crippen LogP contribution is 2.27. The van der Waals surface area contributed by atoms with E-state index in [1.54, 1.807) is 13.3 Å². The normalized spacial score (nSPS) is 17.2. The number of β-amino-alcohol motifs (C(OH)–C–C–N with tert-alkyl or cyclic N) is 2. The Bertz CT molecular complexity index is 993. The van der Waals surface area contributed by atoms with Gasteiger partial charge in [0, 0.05) is 63.1 Å². The first-order valence-electron chi connectivity index (χ1n) is 11.1. The summed E-state index contributed by atoms with van der Waals surface area (Å²) in [6, 6.07) is 17.6. The quantitative estimate of drug-likeness (QED) is 0.475. The van der Waals surface area contributed by atoms with Crippen molar-refractivity contribution in [3.63, 3.8) is 0 Å². The highest BCUT2D eigenvalue weighted by atomic mass is 16.5. The molecule has 3 aromatic rings. The highest BCUT2D eigenvalue weighted by Gasteiger charge is 2.22. The van der Waals surface area contributed by atoms with Crippen molar-refractivity contribution in [2.24, 2.45) is 0 Å². The third kappa shape index (κ3) is 5.75. The van der Waals surface area contributed by atoms with Crippen molar-refractivity contribution in [2.45, 2.75) is 12.2 Å². The standard InChI is InChI=1S/C25H32N4O3/c1-32-21-7-8-24-23(15-21)22(9-10-26-24)25(31)18-29-13-11-28(12-14-29)17-20(30)16-27-19-5-3-2-4-6-19/h2-10,15,20,25,27,30-31H,11-14,16-18H2,1H3/t20-,25+/m0/s1. The second-order valence-corrected chi connectivity index (χ2v) is 8.30. The van der Waals surface area contributed by atoms with Crippen LogP contribution in [-0.4, -0.2) is 84.0 Å². The molecular formula is C25H32N4O3. The van der Waals surface area contributed by atoms with E-state index in [0.717, 1.165) is 54.1 Å². The molecular weight excluding hydrogens is 404 g/mol. The Morgan fingerprint density at radius 1 is 0.969 bits per heavy atom. The third-order valence-corrected chi connectivity index (χ3v) is 6.02. The van der Waals surface area contributed by atoms with E-state index in [-0.39, 0.29) is 0 Å². The van der Waals surface area contributed by atoms with Crippen LogP contribution in [0.25, 0.3) is 10.9 Å². The number of aliphatic hydroxyl groups excluding tert-OH is 2. The Hall–Kier alpha value is -2.71. The maximum atomic E-state index is 11.0. The SMILES string of the molecule is COc1ccc2nccc([C@H](O)CN3CCN(C[C@@H](O)CNc4ccccc4)CC3)c2c1. The molecule has 32 heavy (non-hydrogen) atoms. The molecule has 7 heteroatoms. The molecule has 1 aliphatic rings. The predicted octanol–water partition coefficient (Wildman–Crippen LogP) is 2.37. The number of aromatic nitrogens is 1. The molecule has 0 unspecified atom stereocenters. The molecule has 2 aromatic carbocycles. The molecule has 1 aromatic heterocycles. The van der Waals surface area contributed by atoms with Crippen LogP contribution in [0.5, 0.6) is 5.75 Å². The average molecular weight is 437 g/mol. The first-order valence-corrected chi connectivity index (χ1v) is 11.1. The average Bonchev–Trinajstić information content (AvgIpc) is 2.84. The molecule has 0 saturated carbocycles. The van der Waals surface area contributed by atoms with Gasteiger partial charge < -0.3 is 20.3 Å². The summed E-state index contributed by atoms with van der Waals surface area (Å²) in [5, 5.41) is 25.5. The van der Waals surface area contributed by atoms with Gasteiger partial charge in [-0.25, -0.2) is 0 Å². The van der Waals surface area contributed by atoms with Crippen LogP contribution in [0.4, 0.5) is 5.69 Å². The van der Waals surface area contributed by atoms with Gasteiger partial charge in [-0.2, -0.15) is 0 Å². The Kier molecular flexibility index (Phi) is 7.55. The number of methoxy groups -OCH3 is 1. The Morgan fingerprint density at radius 3 is 2.41 bits per heavy atom. The zero-order chi connectivity index (χ0) is 22.3. The van der Waals surface area contributed by atoms with Crippen molar-refractivity contribution < 1.29 is 14.9 Å². The van der Waals surface area contributed by atoms with E-state index >= 15 is 0 Å². The van der Waals surface area contributed by atoms with Gasteiger partial charge in [0.25, 0.3) is 0 Å². The lowest BCUT2D eigenvalue weighted by Gasteiger charge is -2.36. The summed E-state index contributed by atoms with van der Waals surface area (Å²) >= 11 is 0. The number of nitrogens with one attached hydrogen (secondary N) is 1. The van der Waals surface area contributed by atoms with Gasteiger partial charge in [-0.1, -0.05) is 18.2 Å². The molecule has 2 atom stereocenters. The van der Waals surface area contributed by atoms with Gasteiger partial charge in [-0.05, 0) is 42.0 Å². The summed E-state index contributed by atoms with van der Waals surface area (Å²) in [6.07, 6.45) is 0.723. The van der Waals surface area contributed by atoms with Crippen LogP contribution in [0.3, 0.4) is 0 Å². The van der Waals surface area contributed by atoms with Crippen LogP contribution in [-0.2, 0) is 0 Å². The Morgan fingerprint density at radius 2 is 1.69 bits per heavy atom. The summed E-state index contributed by atoms with van der Waals surface area (Å²) in [5.74, 6) is 0.757. The minimum atomic E-state index is -0.597. The van der Waals surface area contributed by atoms with Gasteiger partial charge in [0.2, 0.25) is 0 Å². The van der Waals surface area contributed by atoms with Crippen molar-refractivity contribution in [1.82, 2.24) is 14.8 Å². The third-order valence-electron chi connectivity index (χ3n) is 6.02. The molecule has 4 rings (SSSR count). The van der Waals surface area contributed by atoms with Crippen molar-refractivity contribution in [3.05, 3.63) is 66.4 Å². The fourth-order valence-electron chi connectivity index (χ4n) is 4.22. The van der Waals surface area contributed by atoms with Gasteiger partial charge in [-0.3, -0.25) is 14.8 Å². The molecule has 1 saturated heterocycles. The van der Waals surface area contributed by atoms with Gasteiger partial charge in [0.15, 0.2) is 0 Å². The summed E-state index contributed by atoms with van der Waals surface area (Å²) in [4.78, 5) is 8.97. The predicted molar refractivity (Wildman–Crippen MR) is 127 cm³/mol. The number of nitrogens with zero attached hydrogens (tertiary/aromatic N) is 3. The summed E-state index contributed by atoms with van der Waals surface area (Å²) in [7, 11) is 1.64. The first kappa shape index (κ1) is 22.5. The second-order valence-electron chi connectivity index (χ2n) is 8.30. The summed E-state index contributed by atoms with van der Waals surface area (Å²) in [5.41, 5.74) is 2.75. The highest BCUT2D eigenvalue weighted by molar-refractivity contribution is 5.83. The number of pyridine rings is 1. The molecule has 0 radical (unpaired) electrons. The fourth-order valence-corrected chi connectivity index (χ4v) is 4.22. The van der Waals surface area contributed by atoms with E-state index in [2.05, 4.69) is 20.1 Å². The van der Waals surface area contributed by atoms with Crippen LogP contribution < -0.4 is 10.1 Å². The van der Waals surface area contributed by atoms with Crippen molar-refractivity contribution in [3.8, 4) is 5.75 Å². The molecule has 0 aliphatic carbocycles. The monoisotopic (exact) mass is 436 g/mol. The molecule has 0 amide bonds. The van der Waals surface area contributed by atoms with Gasteiger partial charge >= 0.3 is 0 Å². The number of rotatable bonds is 9. The van der Waals surface area contributed by atoms with Crippen LogP contribution in [0.1, 0.15) is 11.7 Å². The lowest BCUT2D eigenvalue weighted by molar-refractivity contribution is 0.0518. The topological polar surface area (TPSA) is 81.1 Å². The van der Waals surface area contributed by atoms with Crippen LogP contribution in [0.15, 0.2) is 60.8 Å². The molecule has 1 fully saturated rings. The van der Waals surface area contributed by atoms with Crippen LogP contribution >= 0.6 is 0 Å². The molecule has 0 bridgehead atoms. The first-order chi connectivity index (χ1) is 15.6. The summed E-state index contributed by atoms with van der Waals surface area (Å²) in [6.45, 7) is 5.22. The van der Waals surface area contributed by atoms with Crippen LogP contribution in [0.2, 0.25) is 0 Å². The van der Waals surface area contributed by atoms with Gasteiger partial charge in [0.1, 0.15) is 5.75 Å². The van der Waals surface area contributed by atoms with E-state index in [4.69, 9.17) is 4.74 Å². The zero-order valence-corrected chi connectivity index (χ0v) is 18.5. The van der Waals surface area contributed by atoms with Crippen molar-refractivity contribution in [2.75, 3.05) is 58.2 Å². The maximum absolute atomic E-state index is 11.0. The van der Waals surface area contributed by atoms with Crippen LogP contribution in [0, 0.1) is 0 Å². The largest absolute Gasteiger partial charge is 0.497 e. The molecule has 1 aliphatic heterocycles. The minimum absolute atomic E-state index is 0.425. The van der Waals surface area contributed by atoms with Crippen molar-refractivity contribution >= 4 is 16.6 Å². The molecule has 7 nitrogen and oxygen atoms in total. The number of benzene rings is 2. The van der Waals surface area contributed by atoms with E-state index < -0.39 is 12.2 Å². The number of fused-ring (bicyclic) bond motifs is 1. The number of piperazine rings is 1. The number of anilines is 1. The number of aliphatic hydroxyl groups is 2. The lowest BCUT2D eigenvalue weighted by atomic mass is 10.0.